The molecule has 1 heterocycles. The summed E-state index contributed by atoms with van der Waals surface area (Å²) < 4.78 is 0. The molecule has 0 spiro atoms. The van der Waals surface area contributed by atoms with Crippen molar-refractivity contribution in [2.24, 2.45) is 0 Å². The lowest BCUT2D eigenvalue weighted by Gasteiger charge is -2.23. The Morgan fingerprint density at radius 3 is 2.68 bits per heavy atom. The van der Waals surface area contributed by atoms with Gasteiger partial charge < -0.3 is 10.4 Å². The molecular weight excluding hydrogens is 372 g/mol. The highest BCUT2D eigenvalue weighted by atomic mass is 35.5. The number of anilines is 1. The van der Waals surface area contributed by atoms with Crippen molar-refractivity contribution in [3.05, 3.63) is 94.3 Å². The van der Waals surface area contributed by atoms with Crippen LogP contribution >= 0.6 is 11.6 Å². The highest BCUT2D eigenvalue weighted by Crippen LogP contribution is 2.43. The maximum atomic E-state index is 11.6. The Hall–Kier alpha value is -2.85. The fraction of sp³-hybridized carbons (Fsp3) is 0.217. The van der Waals surface area contributed by atoms with Crippen molar-refractivity contribution in [3.8, 4) is 0 Å². The monoisotopic (exact) mass is 392 g/mol. The molecule has 1 aliphatic rings. The number of nitrogens with one attached hydrogen (secondary N) is 1. The average Bonchev–Trinajstić information content (AvgIpc) is 3.55. The summed E-state index contributed by atoms with van der Waals surface area (Å²) in [7, 11) is 0. The molecule has 142 valence electrons. The maximum absolute atomic E-state index is 11.6. The molecule has 2 aromatic carbocycles. The first-order valence-corrected chi connectivity index (χ1v) is 9.76. The number of aromatic nitrogens is 1. The number of benzene rings is 2. The number of pyridine rings is 1. The Morgan fingerprint density at radius 1 is 1.18 bits per heavy atom. The van der Waals surface area contributed by atoms with Crippen LogP contribution in [0.1, 0.15) is 51.8 Å². The van der Waals surface area contributed by atoms with Crippen LogP contribution in [-0.2, 0) is 6.42 Å². The van der Waals surface area contributed by atoms with Crippen LogP contribution in [0.25, 0.3) is 0 Å². The summed E-state index contributed by atoms with van der Waals surface area (Å²) in [5, 5.41) is 13.7. The molecule has 1 saturated carbocycles. The van der Waals surface area contributed by atoms with Gasteiger partial charge >= 0.3 is 5.97 Å². The highest BCUT2D eigenvalue weighted by molar-refractivity contribution is 6.30. The van der Waals surface area contributed by atoms with Gasteiger partial charge in [0.2, 0.25) is 0 Å². The molecule has 1 aliphatic carbocycles. The summed E-state index contributed by atoms with van der Waals surface area (Å²) in [5.74, 6) is -0.389. The summed E-state index contributed by atoms with van der Waals surface area (Å²) in [5.41, 5.74) is 4.38. The van der Waals surface area contributed by atoms with Gasteiger partial charge in [0, 0.05) is 11.2 Å². The zero-order valence-electron chi connectivity index (χ0n) is 15.3. The number of hydrogen-bond acceptors (Lipinski definition) is 3. The standard InChI is InChI=1S/C23H21ClN2O2/c24-18-9-8-17(20(13-18)15-6-7-15)12-21(16-4-2-1-3-5-16)26-22-14-25-11-10-19(22)23(27)28/h1-5,8-11,13-15,21,26H,6-7,12H2,(H,27,28). The van der Waals surface area contributed by atoms with Gasteiger partial charge in [-0.3, -0.25) is 4.98 Å². The third kappa shape index (κ3) is 4.18. The van der Waals surface area contributed by atoms with Crippen LogP contribution in [0.5, 0.6) is 0 Å². The lowest BCUT2D eigenvalue weighted by atomic mass is 9.93. The summed E-state index contributed by atoms with van der Waals surface area (Å²) in [4.78, 5) is 15.7. The predicted molar refractivity (Wildman–Crippen MR) is 111 cm³/mol. The molecule has 5 heteroatoms. The zero-order valence-corrected chi connectivity index (χ0v) is 16.1. The minimum absolute atomic E-state index is 0.0813. The molecule has 0 bridgehead atoms. The summed E-state index contributed by atoms with van der Waals surface area (Å²) in [6.45, 7) is 0. The number of halogens is 1. The molecule has 0 saturated heterocycles. The van der Waals surface area contributed by atoms with Crippen LogP contribution in [0.3, 0.4) is 0 Å². The average molecular weight is 393 g/mol. The SMILES string of the molecule is O=C(O)c1ccncc1NC(Cc1ccc(Cl)cc1C1CC1)c1ccccc1. The van der Waals surface area contributed by atoms with Crippen LogP contribution in [0.2, 0.25) is 5.02 Å². The quantitative estimate of drug-likeness (QED) is 0.540. The summed E-state index contributed by atoms with van der Waals surface area (Å²) in [6.07, 6.45) is 6.20. The Labute approximate surface area is 169 Å². The Bertz CT molecular complexity index is 987. The van der Waals surface area contributed by atoms with Gasteiger partial charge in [-0.05, 0) is 60.1 Å². The fourth-order valence-corrected chi connectivity index (χ4v) is 3.75. The van der Waals surface area contributed by atoms with E-state index in [4.69, 9.17) is 11.6 Å². The van der Waals surface area contributed by atoms with Crippen molar-refractivity contribution in [1.82, 2.24) is 4.98 Å². The zero-order chi connectivity index (χ0) is 19.5. The molecule has 1 unspecified atom stereocenters. The molecule has 1 fully saturated rings. The van der Waals surface area contributed by atoms with E-state index in [0.29, 0.717) is 11.6 Å². The van der Waals surface area contributed by atoms with Crippen molar-refractivity contribution in [2.45, 2.75) is 31.2 Å². The van der Waals surface area contributed by atoms with E-state index in [1.807, 2.05) is 24.3 Å². The Balaban J connectivity index is 1.69. The molecule has 3 aromatic rings. The predicted octanol–water partition coefficient (Wildman–Crippen LogP) is 5.71. The van der Waals surface area contributed by atoms with E-state index >= 15 is 0 Å². The van der Waals surface area contributed by atoms with Gasteiger partial charge in [0.05, 0.1) is 23.5 Å². The molecule has 0 aliphatic heterocycles. The van der Waals surface area contributed by atoms with E-state index in [-0.39, 0.29) is 11.6 Å². The normalized spacial score (nSPS) is 14.5. The molecule has 1 aromatic heterocycles. The number of carboxylic acid groups (broad SMARTS) is 1. The van der Waals surface area contributed by atoms with Gasteiger partial charge in [0.25, 0.3) is 0 Å². The van der Waals surface area contributed by atoms with Crippen molar-refractivity contribution in [3.63, 3.8) is 0 Å². The van der Waals surface area contributed by atoms with E-state index < -0.39 is 5.97 Å². The van der Waals surface area contributed by atoms with E-state index in [9.17, 15) is 9.90 Å². The minimum atomic E-state index is -0.970. The van der Waals surface area contributed by atoms with Crippen molar-refractivity contribution in [1.29, 1.82) is 0 Å². The first-order valence-electron chi connectivity index (χ1n) is 9.39. The third-order valence-corrected chi connectivity index (χ3v) is 5.37. The van der Waals surface area contributed by atoms with Crippen LogP contribution in [0.4, 0.5) is 5.69 Å². The fourth-order valence-electron chi connectivity index (χ4n) is 3.57. The van der Waals surface area contributed by atoms with Crippen molar-refractivity contribution >= 4 is 23.3 Å². The first kappa shape index (κ1) is 18.5. The van der Waals surface area contributed by atoms with Gasteiger partial charge in [-0.25, -0.2) is 4.79 Å². The molecule has 0 radical (unpaired) electrons. The maximum Gasteiger partial charge on any atom is 0.337 e. The molecule has 2 N–H and O–H groups in total. The van der Waals surface area contributed by atoms with Gasteiger partial charge in [-0.1, -0.05) is 48.0 Å². The number of carboxylic acids is 1. The van der Waals surface area contributed by atoms with E-state index in [1.165, 1.54) is 36.2 Å². The second-order valence-corrected chi connectivity index (χ2v) is 7.59. The molecule has 0 amide bonds. The second-order valence-electron chi connectivity index (χ2n) is 7.16. The van der Waals surface area contributed by atoms with Crippen LogP contribution in [0, 0.1) is 0 Å². The number of rotatable bonds is 7. The topological polar surface area (TPSA) is 62.2 Å². The largest absolute Gasteiger partial charge is 0.478 e. The van der Waals surface area contributed by atoms with Gasteiger partial charge in [-0.15, -0.1) is 0 Å². The molecule has 4 rings (SSSR count). The van der Waals surface area contributed by atoms with Crippen molar-refractivity contribution in [2.75, 3.05) is 5.32 Å². The molecule has 4 nitrogen and oxygen atoms in total. The Kier molecular flexibility index (Phi) is 5.31. The first-order chi connectivity index (χ1) is 13.6. The molecule has 1 atom stereocenters. The second kappa shape index (κ2) is 8.03. The van der Waals surface area contributed by atoms with E-state index in [1.54, 1.807) is 6.20 Å². The van der Waals surface area contributed by atoms with E-state index in [0.717, 1.165) is 17.0 Å². The van der Waals surface area contributed by atoms with Crippen LogP contribution in [0.15, 0.2) is 67.0 Å². The number of carbonyl (C=O) groups is 1. The highest BCUT2D eigenvalue weighted by Gasteiger charge is 2.27. The molecular formula is C23H21ClN2O2. The molecule has 28 heavy (non-hydrogen) atoms. The van der Waals surface area contributed by atoms with Gasteiger partial charge in [-0.2, -0.15) is 0 Å². The lowest BCUT2D eigenvalue weighted by Crippen LogP contribution is -2.17. The van der Waals surface area contributed by atoms with Gasteiger partial charge in [0.15, 0.2) is 0 Å². The van der Waals surface area contributed by atoms with Crippen LogP contribution < -0.4 is 5.32 Å². The third-order valence-electron chi connectivity index (χ3n) is 5.13. The number of aromatic carboxylic acids is 1. The smallest absolute Gasteiger partial charge is 0.337 e. The van der Waals surface area contributed by atoms with E-state index in [2.05, 4.69) is 34.6 Å². The summed E-state index contributed by atoms with van der Waals surface area (Å²) >= 11 is 6.24. The van der Waals surface area contributed by atoms with Gasteiger partial charge in [0.1, 0.15) is 0 Å². The number of nitrogens with zero attached hydrogens (tertiary/aromatic N) is 1. The van der Waals surface area contributed by atoms with Crippen LogP contribution in [-0.4, -0.2) is 16.1 Å². The Morgan fingerprint density at radius 2 is 1.96 bits per heavy atom. The lowest BCUT2D eigenvalue weighted by molar-refractivity contribution is 0.0697. The minimum Gasteiger partial charge on any atom is -0.478 e. The number of hydrogen-bond donors (Lipinski definition) is 2. The summed E-state index contributed by atoms with van der Waals surface area (Å²) in [6, 6.07) is 17.6. The van der Waals surface area contributed by atoms with Crippen molar-refractivity contribution < 1.29 is 9.90 Å².